The summed E-state index contributed by atoms with van der Waals surface area (Å²) in [5, 5.41) is 12.4. The highest BCUT2D eigenvalue weighted by Gasteiger charge is 2.21. The van der Waals surface area contributed by atoms with Gasteiger partial charge < -0.3 is 15.3 Å². The van der Waals surface area contributed by atoms with Crippen LogP contribution in [0.25, 0.3) is 0 Å². The predicted octanol–water partition coefficient (Wildman–Crippen LogP) is 2.49. The molecule has 1 aliphatic heterocycles. The van der Waals surface area contributed by atoms with Gasteiger partial charge in [0.15, 0.2) is 0 Å². The zero-order chi connectivity index (χ0) is 16.8. The van der Waals surface area contributed by atoms with Crippen molar-refractivity contribution in [3.05, 3.63) is 59.8 Å². The molecule has 1 saturated heterocycles. The zero-order valence-corrected chi connectivity index (χ0v) is 13.6. The molecule has 2 N–H and O–H groups in total. The van der Waals surface area contributed by atoms with Gasteiger partial charge in [0, 0.05) is 51.0 Å². The van der Waals surface area contributed by atoms with Crippen molar-refractivity contribution in [3.63, 3.8) is 0 Å². The van der Waals surface area contributed by atoms with E-state index in [0.717, 1.165) is 37.6 Å². The lowest BCUT2D eigenvalue weighted by atomic mass is 10.2. The summed E-state index contributed by atoms with van der Waals surface area (Å²) in [6.45, 7) is 4.12. The molecule has 1 aromatic heterocycles. The summed E-state index contributed by atoms with van der Waals surface area (Å²) in [5.41, 5.74) is 2.35. The Kier molecular flexibility index (Phi) is 5.28. The lowest BCUT2D eigenvalue weighted by Crippen LogP contribution is -2.47. The van der Waals surface area contributed by atoms with Gasteiger partial charge in [-0.3, -0.25) is 4.90 Å². The molecule has 0 unspecified atom stereocenters. The van der Waals surface area contributed by atoms with E-state index in [9.17, 15) is 4.79 Å². The van der Waals surface area contributed by atoms with Crippen LogP contribution in [-0.2, 0) is 13.1 Å². The minimum absolute atomic E-state index is 0.558. The Morgan fingerprint density at radius 2 is 1.83 bits per heavy atom. The van der Waals surface area contributed by atoms with Crippen LogP contribution in [0.1, 0.15) is 11.1 Å². The molecular weight excluding hydrogens is 304 g/mol. The largest absolute Gasteiger partial charge is 0.465 e. The fraction of sp³-hybridized carbons (Fsp3) is 0.333. The Balaban J connectivity index is 1.59. The second kappa shape index (κ2) is 7.79. The Hall–Kier alpha value is -2.60. The van der Waals surface area contributed by atoms with Crippen molar-refractivity contribution in [2.24, 2.45) is 0 Å². The van der Waals surface area contributed by atoms with Crippen LogP contribution in [-0.4, -0.2) is 52.2 Å². The van der Waals surface area contributed by atoms with E-state index < -0.39 is 6.09 Å². The molecule has 2 heterocycles. The van der Waals surface area contributed by atoms with Crippen molar-refractivity contribution in [3.8, 4) is 0 Å². The van der Waals surface area contributed by atoms with E-state index in [1.165, 1.54) is 10.5 Å². The standard InChI is InChI=1S/C18H22N4O2/c23-18(24)22-11-9-21(10-12-22)14-16-7-4-8-19-17(16)20-13-15-5-2-1-3-6-15/h1-8H,9-14H2,(H,19,20)(H,23,24). The lowest BCUT2D eigenvalue weighted by Gasteiger charge is -2.33. The molecule has 0 atom stereocenters. The molecule has 0 aliphatic carbocycles. The third-order valence-corrected chi connectivity index (χ3v) is 4.23. The molecule has 0 spiro atoms. The maximum atomic E-state index is 11.0. The summed E-state index contributed by atoms with van der Waals surface area (Å²) in [4.78, 5) is 19.2. The van der Waals surface area contributed by atoms with Crippen LogP contribution < -0.4 is 5.32 Å². The van der Waals surface area contributed by atoms with Crippen LogP contribution in [0.3, 0.4) is 0 Å². The highest BCUT2D eigenvalue weighted by atomic mass is 16.4. The van der Waals surface area contributed by atoms with Gasteiger partial charge >= 0.3 is 6.09 Å². The maximum Gasteiger partial charge on any atom is 0.407 e. The summed E-state index contributed by atoms with van der Waals surface area (Å²) in [5.74, 6) is 0.891. The van der Waals surface area contributed by atoms with Crippen LogP contribution in [0.2, 0.25) is 0 Å². The topological polar surface area (TPSA) is 68.7 Å². The smallest absolute Gasteiger partial charge is 0.407 e. The molecule has 1 fully saturated rings. The van der Waals surface area contributed by atoms with Crippen molar-refractivity contribution >= 4 is 11.9 Å². The monoisotopic (exact) mass is 326 g/mol. The van der Waals surface area contributed by atoms with Gasteiger partial charge in [0.05, 0.1) is 0 Å². The Morgan fingerprint density at radius 1 is 1.08 bits per heavy atom. The average molecular weight is 326 g/mol. The summed E-state index contributed by atoms with van der Waals surface area (Å²) in [6, 6.07) is 14.2. The fourth-order valence-electron chi connectivity index (χ4n) is 2.85. The van der Waals surface area contributed by atoms with Crippen molar-refractivity contribution in [1.82, 2.24) is 14.8 Å². The van der Waals surface area contributed by atoms with Gasteiger partial charge in [-0.1, -0.05) is 36.4 Å². The lowest BCUT2D eigenvalue weighted by molar-refractivity contribution is 0.103. The molecule has 0 bridgehead atoms. The third-order valence-electron chi connectivity index (χ3n) is 4.23. The SMILES string of the molecule is O=C(O)N1CCN(Cc2cccnc2NCc2ccccc2)CC1. The first-order valence-corrected chi connectivity index (χ1v) is 8.14. The van der Waals surface area contributed by atoms with E-state index in [2.05, 4.69) is 33.4 Å². The van der Waals surface area contributed by atoms with Crippen molar-refractivity contribution < 1.29 is 9.90 Å². The number of hydrogen-bond acceptors (Lipinski definition) is 4. The summed E-state index contributed by atoms with van der Waals surface area (Å²) < 4.78 is 0. The first-order chi connectivity index (χ1) is 11.7. The first kappa shape index (κ1) is 16.3. The van der Waals surface area contributed by atoms with Gasteiger partial charge in [-0.15, -0.1) is 0 Å². The number of anilines is 1. The van der Waals surface area contributed by atoms with Crippen molar-refractivity contribution in [2.45, 2.75) is 13.1 Å². The molecular formula is C18H22N4O2. The number of amides is 1. The minimum Gasteiger partial charge on any atom is -0.465 e. The molecule has 1 aliphatic rings. The van der Waals surface area contributed by atoms with Crippen molar-refractivity contribution in [1.29, 1.82) is 0 Å². The average Bonchev–Trinajstić information content (AvgIpc) is 2.62. The van der Waals surface area contributed by atoms with Crippen LogP contribution >= 0.6 is 0 Å². The Labute approximate surface area is 141 Å². The number of pyridine rings is 1. The minimum atomic E-state index is -0.832. The molecule has 0 saturated carbocycles. The predicted molar refractivity (Wildman–Crippen MR) is 92.9 cm³/mol. The normalized spacial score (nSPS) is 15.2. The van der Waals surface area contributed by atoms with Gasteiger partial charge in [0.1, 0.15) is 5.82 Å². The van der Waals surface area contributed by atoms with E-state index >= 15 is 0 Å². The molecule has 0 radical (unpaired) electrons. The number of rotatable bonds is 5. The fourth-order valence-corrected chi connectivity index (χ4v) is 2.85. The number of piperazine rings is 1. The molecule has 6 nitrogen and oxygen atoms in total. The number of nitrogens with zero attached hydrogens (tertiary/aromatic N) is 3. The number of hydrogen-bond donors (Lipinski definition) is 2. The van der Waals surface area contributed by atoms with Gasteiger partial charge in [0.25, 0.3) is 0 Å². The number of carbonyl (C=O) groups is 1. The molecule has 6 heteroatoms. The van der Waals surface area contributed by atoms with Gasteiger partial charge in [-0.25, -0.2) is 9.78 Å². The summed E-state index contributed by atoms with van der Waals surface area (Å²) in [6.07, 6.45) is 0.959. The third kappa shape index (κ3) is 4.23. The van der Waals surface area contributed by atoms with E-state index in [0.29, 0.717) is 13.1 Å². The van der Waals surface area contributed by atoms with E-state index in [4.69, 9.17) is 5.11 Å². The Morgan fingerprint density at radius 3 is 2.54 bits per heavy atom. The summed E-state index contributed by atoms with van der Waals surface area (Å²) in [7, 11) is 0. The van der Waals surface area contributed by atoms with Crippen LogP contribution in [0.5, 0.6) is 0 Å². The molecule has 1 aromatic carbocycles. The highest BCUT2D eigenvalue weighted by Crippen LogP contribution is 2.16. The Bertz CT molecular complexity index is 670. The quantitative estimate of drug-likeness (QED) is 0.883. The number of nitrogens with one attached hydrogen (secondary N) is 1. The second-order valence-corrected chi connectivity index (χ2v) is 5.90. The van der Waals surface area contributed by atoms with E-state index in [-0.39, 0.29) is 0 Å². The van der Waals surface area contributed by atoms with E-state index in [1.807, 2.05) is 24.3 Å². The second-order valence-electron chi connectivity index (χ2n) is 5.90. The number of aromatic nitrogens is 1. The van der Waals surface area contributed by atoms with Crippen LogP contribution in [0, 0.1) is 0 Å². The molecule has 1 amide bonds. The maximum absolute atomic E-state index is 11.0. The highest BCUT2D eigenvalue weighted by molar-refractivity contribution is 5.65. The number of carboxylic acid groups (broad SMARTS) is 1. The molecule has 2 aromatic rings. The van der Waals surface area contributed by atoms with Crippen LogP contribution in [0.4, 0.5) is 10.6 Å². The summed E-state index contributed by atoms with van der Waals surface area (Å²) >= 11 is 0. The van der Waals surface area contributed by atoms with Gasteiger partial charge in [-0.05, 0) is 11.6 Å². The molecule has 3 rings (SSSR count). The first-order valence-electron chi connectivity index (χ1n) is 8.14. The molecule has 24 heavy (non-hydrogen) atoms. The van der Waals surface area contributed by atoms with Gasteiger partial charge in [-0.2, -0.15) is 0 Å². The van der Waals surface area contributed by atoms with E-state index in [1.54, 1.807) is 6.20 Å². The zero-order valence-electron chi connectivity index (χ0n) is 13.6. The van der Waals surface area contributed by atoms with Gasteiger partial charge in [0.2, 0.25) is 0 Å². The number of benzene rings is 1. The molecule has 126 valence electrons. The van der Waals surface area contributed by atoms with Crippen LogP contribution in [0.15, 0.2) is 48.7 Å². The van der Waals surface area contributed by atoms with Crippen molar-refractivity contribution in [2.75, 3.05) is 31.5 Å².